The molecule has 0 saturated carbocycles. The van der Waals surface area contributed by atoms with Gasteiger partial charge in [0.15, 0.2) is 0 Å². The van der Waals surface area contributed by atoms with Crippen LogP contribution in [0.25, 0.3) is 0 Å². The number of unbranched alkanes of at least 4 members (excludes halogenated alkanes) is 3. The molecule has 0 rings (SSSR count). The van der Waals surface area contributed by atoms with Crippen LogP contribution in [0.2, 0.25) is 19.6 Å². The molecule has 0 radical (unpaired) electrons. The predicted octanol–water partition coefficient (Wildman–Crippen LogP) is 4.60. The maximum absolute atomic E-state index is 4.38. The average molecular weight is 246 g/mol. The maximum Gasteiger partial charge on any atom is 0.108 e. The van der Waals surface area contributed by atoms with Gasteiger partial charge in [0.1, 0.15) is 7.22 Å². The molecule has 0 bridgehead atoms. The zero-order valence-corrected chi connectivity index (χ0v) is 12.7. The van der Waals surface area contributed by atoms with E-state index in [4.69, 9.17) is 0 Å². The van der Waals surface area contributed by atoms with E-state index in [1.54, 1.807) is 0 Å². The molecule has 15 heavy (non-hydrogen) atoms. The Morgan fingerprint density at radius 3 is 2.47 bits per heavy atom. The zero-order chi connectivity index (χ0) is 11.6. The fourth-order valence-corrected chi connectivity index (χ4v) is 4.40. The second-order valence-corrected chi connectivity index (χ2v) is 14.4. The molecule has 0 saturated heterocycles. The van der Waals surface area contributed by atoms with E-state index in [0.717, 1.165) is 13.0 Å². The fraction of sp³-hybridized carbons (Fsp3) is 0.917. The van der Waals surface area contributed by atoms with Gasteiger partial charge in [-0.15, -0.1) is 0 Å². The Labute approximate surface area is 101 Å². The monoisotopic (exact) mass is 245 g/mol. The summed E-state index contributed by atoms with van der Waals surface area (Å²) in [5.74, 6) is 1.36. The number of nitrogens with zero attached hydrogens (tertiary/aromatic N) is 1. The minimum absolute atomic E-state index is 0.856. The molecular weight excluding hydrogens is 218 g/mol. The number of rotatable bonds is 9. The van der Waals surface area contributed by atoms with Crippen molar-refractivity contribution in [2.45, 2.75) is 58.7 Å². The third-order valence-corrected chi connectivity index (χ3v) is 6.58. The maximum atomic E-state index is 4.38. The summed E-state index contributed by atoms with van der Waals surface area (Å²) in [5, 5.41) is 0. The molecule has 0 aliphatic heterocycles. The molecule has 0 aliphatic carbocycles. The molecule has 0 unspecified atom stereocenters. The zero-order valence-electron chi connectivity index (χ0n) is 10.9. The highest BCUT2D eigenvalue weighted by Crippen LogP contribution is 2.20. The number of aliphatic imine (C=N–C) groups is 1. The first-order chi connectivity index (χ1) is 7.06. The Bertz CT molecular complexity index is 163. The van der Waals surface area contributed by atoms with Gasteiger partial charge in [0.2, 0.25) is 0 Å². The fourth-order valence-electron chi connectivity index (χ4n) is 1.17. The lowest BCUT2D eigenvalue weighted by molar-refractivity contribution is 0.733. The van der Waals surface area contributed by atoms with Crippen molar-refractivity contribution in [1.29, 1.82) is 0 Å². The smallest absolute Gasteiger partial charge is 0.108 e. The molecule has 1 nitrogen and oxygen atoms in total. The summed E-state index contributed by atoms with van der Waals surface area (Å²) in [5.41, 5.74) is 0. The number of hydrogen-bond donors (Lipinski definition) is 0. The Balaban J connectivity index is 3.12. The first-order valence-corrected chi connectivity index (χ1v) is 11.4. The van der Waals surface area contributed by atoms with Crippen LogP contribution in [0.15, 0.2) is 4.99 Å². The molecule has 0 heterocycles. The first-order valence-electron chi connectivity index (χ1n) is 6.18. The van der Waals surface area contributed by atoms with Crippen molar-refractivity contribution in [3.63, 3.8) is 0 Å². The highest BCUT2D eigenvalue weighted by atomic mass is 32.4. The van der Waals surface area contributed by atoms with Gasteiger partial charge in [-0.3, -0.25) is 4.99 Å². The summed E-state index contributed by atoms with van der Waals surface area (Å²) < 4.78 is 0. The van der Waals surface area contributed by atoms with Crippen molar-refractivity contribution in [1.82, 2.24) is 0 Å². The minimum Gasteiger partial charge on any atom is -0.298 e. The van der Waals surface area contributed by atoms with E-state index < -0.39 is 7.22 Å². The molecule has 3 heteroatoms. The van der Waals surface area contributed by atoms with Crippen molar-refractivity contribution in [3.8, 4) is 0 Å². The molecule has 0 fully saturated rings. The summed E-state index contributed by atoms with van der Waals surface area (Å²) in [6.45, 7) is 10.5. The van der Waals surface area contributed by atoms with E-state index in [0.29, 0.717) is 0 Å². The van der Waals surface area contributed by atoms with E-state index >= 15 is 0 Å². The molecule has 0 aromatic carbocycles. The third-order valence-electron chi connectivity index (χ3n) is 2.01. The van der Waals surface area contributed by atoms with E-state index in [2.05, 4.69) is 49.0 Å². The van der Waals surface area contributed by atoms with Crippen molar-refractivity contribution >= 4 is 24.6 Å². The average Bonchev–Trinajstić information content (AvgIpc) is 2.14. The van der Waals surface area contributed by atoms with Crippen LogP contribution < -0.4 is 0 Å². The van der Waals surface area contributed by atoms with Crippen LogP contribution in [0, 0.1) is 0 Å². The molecule has 0 spiro atoms. The van der Waals surface area contributed by atoms with Crippen LogP contribution in [0.1, 0.15) is 39.0 Å². The normalized spacial score (nSPS) is 12.5. The number of hydrogen-bond acceptors (Lipinski definition) is 2. The standard InChI is InChI=1S/C12H27NSSi/c1-5-6-10-13-11-8-7-9-12-14-15(2,3)4/h10H,5-9,11-12H2,1-4H3. The molecule has 0 aromatic heterocycles. The van der Waals surface area contributed by atoms with E-state index in [1.165, 1.54) is 31.4 Å². The van der Waals surface area contributed by atoms with E-state index in [1.807, 2.05) is 0 Å². The van der Waals surface area contributed by atoms with Gasteiger partial charge in [-0.1, -0.05) is 39.4 Å². The van der Waals surface area contributed by atoms with E-state index in [9.17, 15) is 0 Å². The van der Waals surface area contributed by atoms with Crippen LogP contribution in [0.5, 0.6) is 0 Å². The Hall–Kier alpha value is 0.237. The summed E-state index contributed by atoms with van der Waals surface area (Å²) >= 11 is 2.21. The van der Waals surface area contributed by atoms with Crippen LogP contribution in [0.3, 0.4) is 0 Å². The quantitative estimate of drug-likeness (QED) is 0.329. The molecule has 0 N–H and O–H groups in total. The highest BCUT2D eigenvalue weighted by molar-refractivity contribution is 8.28. The second-order valence-electron chi connectivity index (χ2n) is 4.90. The summed E-state index contributed by atoms with van der Waals surface area (Å²) in [7, 11) is -0.856. The van der Waals surface area contributed by atoms with Gasteiger partial charge in [-0.2, -0.15) is 11.2 Å². The second kappa shape index (κ2) is 9.46. The van der Waals surface area contributed by atoms with Gasteiger partial charge in [-0.25, -0.2) is 0 Å². The largest absolute Gasteiger partial charge is 0.298 e. The lowest BCUT2D eigenvalue weighted by atomic mass is 10.2. The lowest BCUT2D eigenvalue weighted by Crippen LogP contribution is -2.14. The molecule has 0 amide bonds. The third kappa shape index (κ3) is 14.2. The predicted molar refractivity (Wildman–Crippen MR) is 77.9 cm³/mol. The van der Waals surface area contributed by atoms with E-state index in [-0.39, 0.29) is 0 Å². The molecule has 90 valence electrons. The molecular formula is C12H27NSSi. The minimum atomic E-state index is -0.856. The Morgan fingerprint density at radius 1 is 1.13 bits per heavy atom. The van der Waals surface area contributed by atoms with Crippen molar-refractivity contribution in [2.24, 2.45) is 4.99 Å². The van der Waals surface area contributed by atoms with Crippen LogP contribution in [-0.2, 0) is 0 Å². The molecule has 0 aromatic rings. The molecule has 0 atom stereocenters. The Kier molecular flexibility index (Phi) is 9.61. The summed E-state index contributed by atoms with van der Waals surface area (Å²) in [6.07, 6.45) is 8.43. The van der Waals surface area contributed by atoms with Crippen molar-refractivity contribution in [2.75, 3.05) is 12.3 Å². The summed E-state index contributed by atoms with van der Waals surface area (Å²) in [4.78, 5) is 4.38. The first kappa shape index (κ1) is 15.2. The van der Waals surface area contributed by atoms with Gasteiger partial charge < -0.3 is 0 Å². The topological polar surface area (TPSA) is 12.4 Å². The van der Waals surface area contributed by atoms with Gasteiger partial charge in [-0.05, 0) is 31.2 Å². The highest BCUT2D eigenvalue weighted by Gasteiger charge is 2.12. The van der Waals surface area contributed by atoms with Crippen LogP contribution in [-0.4, -0.2) is 25.7 Å². The van der Waals surface area contributed by atoms with Gasteiger partial charge in [0, 0.05) is 6.54 Å². The van der Waals surface area contributed by atoms with Gasteiger partial charge in [0.05, 0.1) is 0 Å². The van der Waals surface area contributed by atoms with Crippen LogP contribution >= 0.6 is 11.2 Å². The van der Waals surface area contributed by atoms with Crippen molar-refractivity contribution < 1.29 is 0 Å². The lowest BCUT2D eigenvalue weighted by Gasteiger charge is -2.14. The Morgan fingerprint density at radius 2 is 1.87 bits per heavy atom. The van der Waals surface area contributed by atoms with Crippen molar-refractivity contribution in [3.05, 3.63) is 0 Å². The SMILES string of the molecule is CCCC=NCCCCCS[Si](C)(C)C. The molecule has 0 aliphatic rings. The van der Waals surface area contributed by atoms with Gasteiger partial charge in [0.25, 0.3) is 0 Å². The van der Waals surface area contributed by atoms with Gasteiger partial charge >= 0.3 is 0 Å². The summed E-state index contributed by atoms with van der Waals surface area (Å²) in [6, 6.07) is 0. The van der Waals surface area contributed by atoms with Crippen LogP contribution in [0.4, 0.5) is 0 Å².